The third-order valence-corrected chi connectivity index (χ3v) is 5.82. The topological polar surface area (TPSA) is 35.0 Å². The van der Waals surface area contributed by atoms with Gasteiger partial charge in [-0.3, -0.25) is 0 Å². The Morgan fingerprint density at radius 1 is 1.22 bits per heavy atom. The molecule has 0 aliphatic heterocycles. The number of hydrogen-bond donors (Lipinski definition) is 0. The molecule has 0 radical (unpaired) electrons. The normalized spacial score (nSPS) is 14.4. The van der Waals surface area contributed by atoms with Gasteiger partial charge in [0.2, 0.25) is 0 Å². The minimum Gasteiger partial charge on any atom is -0.497 e. The van der Waals surface area contributed by atoms with E-state index in [1.54, 1.807) is 18.4 Å². The summed E-state index contributed by atoms with van der Waals surface area (Å²) in [6.45, 7) is 2.09. The van der Waals surface area contributed by atoms with Crippen LogP contribution in [0.5, 0.6) is 5.75 Å². The molecule has 4 rings (SSSR count). The first-order chi connectivity index (χ1) is 11.2. The smallest absolute Gasteiger partial charge is 0.141 e. The lowest BCUT2D eigenvalue weighted by molar-refractivity contribution is 0.415. The number of rotatable bonds is 4. The van der Waals surface area contributed by atoms with Crippen LogP contribution in [0.15, 0.2) is 24.3 Å². The molecule has 0 spiro atoms. The van der Waals surface area contributed by atoms with Crippen molar-refractivity contribution in [1.29, 1.82) is 0 Å². The van der Waals surface area contributed by atoms with E-state index in [1.165, 1.54) is 17.7 Å². The van der Waals surface area contributed by atoms with E-state index in [-0.39, 0.29) is 0 Å². The summed E-state index contributed by atoms with van der Waals surface area (Å²) < 4.78 is 5.23. The molecule has 3 nitrogen and oxygen atoms in total. The number of ether oxygens (including phenoxy) is 1. The highest BCUT2D eigenvalue weighted by Gasteiger charge is 2.24. The Morgan fingerprint density at radius 3 is 2.61 bits per heavy atom. The number of aryl methyl sites for hydroxylation is 1. The van der Waals surface area contributed by atoms with Gasteiger partial charge in [-0.1, -0.05) is 11.6 Å². The molecule has 1 aliphatic carbocycles. The van der Waals surface area contributed by atoms with Gasteiger partial charge in [0.1, 0.15) is 21.6 Å². The van der Waals surface area contributed by atoms with E-state index in [1.807, 2.05) is 12.1 Å². The van der Waals surface area contributed by atoms with Crippen LogP contribution >= 0.6 is 22.9 Å². The van der Waals surface area contributed by atoms with Crippen molar-refractivity contribution in [2.24, 2.45) is 5.92 Å². The third-order valence-electron chi connectivity index (χ3n) is 4.31. The van der Waals surface area contributed by atoms with Crippen LogP contribution in [-0.2, 0) is 6.42 Å². The molecule has 118 valence electrons. The van der Waals surface area contributed by atoms with E-state index < -0.39 is 0 Å². The fraction of sp³-hybridized carbons (Fsp3) is 0.333. The van der Waals surface area contributed by atoms with Gasteiger partial charge in [0.25, 0.3) is 0 Å². The van der Waals surface area contributed by atoms with Crippen LogP contribution in [0, 0.1) is 12.8 Å². The SMILES string of the molecule is COc1ccc(-c2sc3nc(CC4CC4)nc(Cl)c3c2C)cc1. The summed E-state index contributed by atoms with van der Waals surface area (Å²) >= 11 is 8.15. The number of benzene rings is 1. The highest BCUT2D eigenvalue weighted by atomic mass is 35.5. The van der Waals surface area contributed by atoms with Gasteiger partial charge in [-0.2, -0.15) is 0 Å². The molecule has 5 heteroatoms. The zero-order valence-electron chi connectivity index (χ0n) is 13.1. The molecule has 1 fully saturated rings. The summed E-state index contributed by atoms with van der Waals surface area (Å²) in [6.07, 6.45) is 3.53. The van der Waals surface area contributed by atoms with Crippen molar-refractivity contribution in [2.45, 2.75) is 26.2 Å². The number of nitrogens with zero attached hydrogens (tertiary/aromatic N) is 2. The Balaban J connectivity index is 1.80. The molecule has 1 aliphatic rings. The highest BCUT2D eigenvalue weighted by Crippen LogP contribution is 2.41. The lowest BCUT2D eigenvalue weighted by Crippen LogP contribution is -1.96. The molecule has 23 heavy (non-hydrogen) atoms. The number of fused-ring (bicyclic) bond motifs is 1. The fourth-order valence-corrected chi connectivity index (χ4v) is 4.41. The van der Waals surface area contributed by atoms with Crippen LogP contribution in [0.2, 0.25) is 5.15 Å². The summed E-state index contributed by atoms with van der Waals surface area (Å²) in [7, 11) is 1.68. The van der Waals surface area contributed by atoms with Gasteiger partial charge in [-0.25, -0.2) is 9.97 Å². The van der Waals surface area contributed by atoms with Crippen molar-refractivity contribution in [1.82, 2.24) is 9.97 Å². The molecule has 0 amide bonds. The Bertz CT molecular complexity index is 869. The van der Waals surface area contributed by atoms with Gasteiger partial charge in [0.05, 0.1) is 12.5 Å². The van der Waals surface area contributed by atoms with Crippen molar-refractivity contribution >= 4 is 33.2 Å². The Morgan fingerprint density at radius 2 is 1.96 bits per heavy atom. The van der Waals surface area contributed by atoms with Crippen LogP contribution in [0.4, 0.5) is 0 Å². The summed E-state index contributed by atoms with van der Waals surface area (Å²) in [5, 5.41) is 1.57. The first-order valence-corrected chi connectivity index (χ1v) is 8.95. The van der Waals surface area contributed by atoms with Crippen molar-refractivity contribution in [3.8, 4) is 16.2 Å². The van der Waals surface area contributed by atoms with Gasteiger partial charge in [0.15, 0.2) is 0 Å². The molecule has 0 saturated heterocycles. The van der Waals surface area contributed by atoms with E-state index in [0.29, 0.717) is 5.15 Å². The molecular weight excluding hydrogens is 328 g/mol. The maximum Gasteiger partial charge on any atom is 0.141 e. The largest absolute Gasteiger partial charge is 0.497 e. The molecule has 0 atom stereocenters. The summed E-state index contributed by atoms with van der Waals surface area (Å²) in [6, 6.07) is 8.10. The summed E-state index contributed by atoms with van der Waals surface area (Å²) in [5.41, 5.74) is 2.31. The minimum absolute atomic E-state index is 0.583. The monoisotopic (exact) mass is 344 g/mol. The van der Waals surface area contributed by atoms with Crippen molar-refractivity contribution in [3.05, 3.63) is 40.8 Å². The average molecular weight is 345 g/mol. The maximum atomic E-state index is 6.46. The molecular formula is C18H17ClN2OS. The predicted molar refractivity (Wildman–Crippen MR) is 95.6 cm³/mol. The minimum atomic E-state index is 0.583. The number of hydrogen-bond acceptors (Lipinski definition) is 4. The zero-order valence-corrected chi connectivity index (χ0v) is 14.7. The molecule has 2 aromatic heterocycles. The molecule has 0 bridgehead atoms. The van der Waals surface area contributed by atoms with Gasteiger partial charge in [-0.05, 0) is 61.1 Å². The lowest BCUT2D eigenvalue weighted by Gasteiger charge is -2.03. The maximum absolute atomic E-state index is 6.46. The second kappa shape index (κ2) is 5.77. The van der Waals surface area contributed by atoms with Crippen molar-refractivity contribution in [3.63, 3.8) is 0 Å². The molecule has 0 N–H and O–H groups in total. The number of aromatic nitrogens is 2. The second-order valence-corrected chi connectivity index (χ2v) is 7.40. The second-order valence-electron chi connectivity index (χ2n) is 6.04. The van der Waals surface area contributed by atoms with E-state index in [4.69, 9.17) is 21.3 Å². The Kier molecular flexibility index (Phi) is 3.74. The molecule has 3 aromatic rings. The standard InChI is InChI=1S/C18H17ClN2OS/c1-10-15-17(19)20-14(9-11-3-4-11)21-18(15)23-16(10)12-5-7-13(22-2)8-6-12/h5-8,11H,3-4,9H2,1-2H3. The molecule has 2 heterocycles. The zero-order chi connectivity index (χ0) is 16.0. The van der Waals surface area contributed by atoms with Crippen molar-refractivity contribution in [2.75, 3.05) is 7.11 Å². The number of thiophene rings is 1. The first kappa shape index (κ1) is 14.9. The summed E-state index contributed by atoms with van der Waals surface area (Å²) in [5.74, 6) is 2.50. The van der Waals surface area contributed by atoms with E-state index in [9.17, 15) is 0 Å². The molecule has 1 aromatic carbocycles. The lowest BCUT2D eigenvalue weighted by atomic mass is 10.1. The van der Waals surface area contributed by atoms with Crippen LogP contribution in [0.1, 0.15) is 24.2 Å². The van der Waals surface area contributed by atoms with Crippen LogP contribution in [0.3, 0.4) is 0 Å². The Hall–Kier alpha value is -1.65. The Labute approximate surface area is 144 Å². The number of halogens is 1. The first-order valence-electron chi connectivity index (χ1n) is 7.75. The predicted octanol–water partition coefficient (Wildman–Crippen LogP) is 5.28. The highest BCUT2D eigenvalue weighted by molar-refractivity contribution is 7.22. The molecule has 1 saturated carbocycles. The molecule has 0 unspecified atom stereocenters. The van der Waals surface area contributed by atoms with E-state index in [2.05, 4.69) is 24.0 Å². The van der Waals surface area contributed by atoms with Gasteiger partial charge >= 0.3 is 0 Å². The van der Waals surface area contributed by atoms with Gasteiger partial charge in [0, 0.05) is 11.3 Å². The van der Waals surface area contributed by atoms with E-state index >= 15 is 0 Å². The van der Waals surface area contributed by atoms with Gasteiger partial charge in [-0.15, -0.1) is 11.3 Å². The van der Waals surface area contributed by atoms with Crippen molar-refractivity contribution < 1.29 is 4.74 Å². The number of methoxy groups -OCH3 is 1. The quantitative estimate of drug-likeness (QED) is 0.604. The van der Waals surface area contributed by atoms with Gasteiger partial charge < -0.3 is 4.74 Å². The van der Waals surface area contributed by atoms with Crippen LogP contribution in [-0.4, -0.2) is 17.1 Å². The fourth-order valence-electron chi connectivity index (χ4n) is 2.82. The summed E-state index contributed by atoms with van der Waals surface area (Å²) in [4.78, 5) is 11.5. The van der Waals surface area contributed by atoms with E-state index in [0.717, 1.165) is 45.3 Å². The average Bonchev–Trinajstić information content (AvgIpc) is 3.29. The van der Waals surface area contributed by atoms with Crippen LogP contribution in [0.25, 0.3) is 20.7 Å². The van der Waals surface area contributed by atoms with Crippen LogP contribution < -0.4 is 4.74 Å². The third kappa shape index (κ3) is 2.81.